The van der Waals surface area contributed by atoms with Gasteiger partial charge in [0.15, 0.2) is 6.61 Å². The van der Waals surface area contributed by atoms with Crippen LogP contribution in [0.15, 0.2) is 48.5 Å². The monoisotopic (exact) mass is 442 g/mol. The Bertz CT molecular complexity index is 1000. The molecule has 0 atom stereocenters. The van der Waals surface area contributed by atoms with Crippen molar-refractivity contribution in [3.8, 4) is 5.75 Å². The van der Waals surface area contributed by atoms with Crippen molar-refractivity contribution in [2.75, 3.05) is 46.0 Å². The number of carbonyl (C=O) groups is 1. The number of amides is 1. The summed E-state index contributed by atoms with van der Waals surface area (Å²) in [7, 11) is 0. The van der Waals surface area contributed by atoms with Gasteiger partial charge in [0.2, 0.25) is 0 Å². The maximum Gasteiger partial charge on any atom is 0.257 e. The molecule has 0 unspecified atom stereocenters. The number of fused-ring (bicyclic) bond motifs is 1. The normalized spacial score (nSPS) is 14.6. The highest BCUT2D eigenvalue weighted by atomic mass is 35.5. The number of nitrogens with zero attached hydrogens (tertiary/aromatic N) is 3. The molecule has 1 fully saturated rings. The molecule has 2 aromatic carbocycles. The van der Waals surface area contributed by atoms with E-state index in [9.17, 15) is 4.79 Å². The van der Waals surface area contributed by atoms with E-state index < -0.39 is 0 Å². The first-order chi connectivity index (χ1) is 15.2. The van der Waals surface area contributed by atoms with Crippen LogP contribution in [0.2, 0.25) is 5.02 Å². The standard InChI is InChI=1S/C23H27ClN4O3/c24-18-5-7-19(8-6-18)31-17-23(29)25-10-9-22-26-20-3-1-2-4-21(20)28(22)12-11-27-13-15-30-16-14-27/h1-8H,9-17H2,(H,25,29). The van der Waals surface area contributed by atoms with E-state index in [0.29, 0.717) is 23.7 Å². The highest BCUT2D eigenvalue weighted by Crippen LogP contribution is 2.17. The van der Waals surface area contributed by atoms with Gasteiger partial charge in [0.05, 0.1) is 24.2 Å². The minimum absolute atomic E-state index is 0.0327. The van der Waals surface area contributed by atoms with Crippen LogP contribution in [0.3, 0.4) is 0 Å². The lowest BCUT2D eigenvalue weighted by Gasteiger charge is -2.27. The molecule has 1 N–H and O–H groups in total. The molecule has 2 heterocycles. The number of ether oxygens (including phenoxy) is 2. The van der Waals surface area contributed by atoms with Gasteiger partial charge in [-0.15, -0.1) is 0 Å². The molecule has 8 heteroatoms. The van der Waals surface area contributed by atoms with Crippen LogP contribution in [-0.2, 0) is 22.5 Å². The highest BCUT2D eigenvalue weighted by Gasteiger charge is 2.14. The Kier molecular flexibility index (Phi) is 7.40. The van der Waals surface area contributed by atoms with Gasteiger partial charge in [0.25, 0.3) is 5.91 Å². The second-order valence-corrected chi connectivity index (χ2v) is 7.90. The number of hydrogen-bond donors (Lipinski definition) is 1. The number of benzene rings is 2. The van der Waals surface area contributed by atoms with Crippen LogP contribution >= 0.6 is 11.6 Å². The predicted octanol–water partition coefficient (Wildman–Crippen LogP) is 2.76. The fraction of sp³-hybridized carbons (Fsp3) is 0.391. The molecule has 0 aliphatic carbocycles. The minimum Gasteiger partial charge on any atom is -0.484 e. The summed E-state index contributed by atoms with van der Waals surface area (Å²) in [5.74, 6) is 1.43. The van der Waals surface area contributed by atoms with E-state index in [0.717, 1.165) is 56.3 Å². The number of morpholine rings is 1. The molecular weight excluding hydrogens is 416 g/mol. The third-order valence-electron chi connectivity index (χ3n) is 5.33. The summed E-state index contributed by atoms with van der Waals surface area (Å²) in [5.41, 5.74) is 2.11. The number of aromatic nitrogens is 2. The predicted molar refractivity (Wildman–Crippen MR) is 121 cm³/mol. The molecule has 7 nitrogen and oxygen atoms in total. The molecule has 0 bridgehead atoms. The van der Waals surface area contributed by atoms with Gasteiger partial charge in [-0.1, -0.05) is 23.7 Å². The Morgan fingerprint density at radius 2 is 1.87 bits per heavy atom. The zero-order valence-corrected chi connectivity index (χ0v) is 18.2. The van der Waals surface area contributed by atoms with Crippen molar-refractivity contribution in [3.63, 3.8) is 0 Å². The van der Waals surface area contributed by atoms with Crippen molar-refractivity contribution < 1.29 is 14.3 Å². The van der Waals surface area contributed by atoms with Crippen LogP contribution in [0, 0.1) is 0 Å². The third kappa shape index (κ3) is 5.97. The van der Waals surface area contributed by atoms with Gasteiger partial charge in [0.1, 0.15) is 11.6 Å². The smallest absolute Gasteiger partial charge is 0.257 e. The number of rotatable bonds is 9. The Balaban J connectivity index is 1.31. The quantitative estimate of drug-likeness (QED) is 0.552. The van der Waals surface area contributed by atoms with Crippen molar-refractivity contribution in [2.45, 2.75) is 13.0 Å². The molecule has 3 aromatic rings. The summed E-state index contributed by atoms with van der Waals surface area (Å²) in [6, 6.07) is 15.1. The molecular formula is C23H27ClN4O3. The number of hydrogen-bond acceptors (Lipinski definition) is 5. The zero-order chi connectivity index (χ0) is 21.5. The first kappa shape index (κ1) is 21.6. The van der Waals surface area contributed by atoms with Crippen LogP contribution in [0.1, 0.15) is 5.82 Å². The molecule has 1 saturated heterocycles. The molecule has 4 rings (SSSR count). The Morgan fingerprint density at radius 1 is 1.10 bits per heavy atom. The number of imidazole rings is 1. The van der Waals surface area contributed by atoms with Gasteiger partial charge in [-0.3, -0.25) is 9.69 Å². The van der Waals surface area contributed by atoms with Crippen LogP contribution in [0.25, 0.3) is 11.0 Å². The van der Waals surface area contributed by atoms with Gasteiger partial charge in [0, 0.05) is 44.2 Å². The van der Waals surface area contributed by atoms with E-state index in [1.807, 2.05) is 18.2 Å². The first-order valence-corrected chi connectivity index (χ1v) is 11.0. The minimum atomic E-state index is -0.161. The molecule has 31 heavy (non-hydrogen) atoms. The van der Waals surface area contributed by atoms with E-state index in [2.05, 4.69) is 20.9 Å². The Labute approximate surface area is 186 Å². The fourth-order valence-electron chi connectivity index (χ4n) is 3.68. The van der Waals surface area contributed by atoms with Gasteiger partial charge in [-0.2, -0.15) is 0 Å². The lowest BCUT2D eigenvalue weighted by molar-refractivity contribution is -0.123. The van der Waals surface area contributed by atoms with Gasteiger partial charge < -0.3 is 19.4 Å². The molecule has 0 radical (unpaired) electrons. The number of nitrogens with one attached hydrogen (secondary N) is 1. The number of halogens is 1. The highest BCUT2D eigenvalue weighted by molar-refractivity contribution is 6.30. The van der Waals surface area contributed by atoms with Crippen molar-refractivity contribution in [1.82, 2.24) is 19.8 Å². The van der Waals surface area contributed by atoms with Crippen LogP contribution in [-0.4, -0.2) is 66.4 Å². The largest absolute Gasteiger partial charge is 0.484 e. The second kappa shape index (κ2) is 10.6. The van der Waals surface area contributed by atoms with Crippen LogP contribution in [0.4, 0.5) is 0 Å². The lowest BCUT2D eigenvalue weighted by atomic mass is 10.3. The summed E-state index contributed by atoms with van der Waals surface area (Å²) in [6.45, 7) is 5.81. The maximum atomic E-state index is 12.2. The summed E-state index contributed by atoms with van der Waals surface area (Å²) < 4.78 is 13.2. The molecule has 0 spiro atoms. The van der Waals surface area contributed by atoms with Gasteiger partial charge in [-0.25, -0.2) is 4.98 Å². The van der Waals surface area contributed by atoms with E-state index >= 15 is 0 Å². The van der Waals surface area contributed by atoms with Crippen LogP contribution in [0.5, 0.6) is 5.75 Å². The summed E-state index contributed by atoms with van der Waals surface area (Å²) >= 11 is 5.86. The molecule has 1 aliphatic heterocycles. The van der Waals surface area contributed by atoms with Gasteiger partial charge in [-0.05, 0) is 36.4 Å². The topological polar surface area (TPSA) is 68.6 Å². The Hall–Kier alpha value is -2.61. The summed E-state index contributed by atoms with van der Waals surface area (Å²) in [5, 5.41) is 3.55. The van der Waals surface area contributed by atoms with Crippen LogP contribution < -0.4 is 10.1 Å². The fourth-order valence-corrected chi connectivity index (χ4v) is 3.80. The number of carbonyl (C=O) groups excluding carboxylic acids is 1. The first-order valence-electron chi connectivity index (χ1n) is 10.6. The van der Waals surface area contributed by atoms with Crippen molar-refractivity contribution in [1.29, 1.82) is 0 Å². The summed E-state index contributed by atoms with van der Waals surface area (Å²) in [4.78, 5) is 19.4. The van der Waals surface area contributed by atoms with E-state index in [1.54, 1.807) is 24.3 Å². The van der Waals surface area contributed by atoms with E-state index in [1.165, 1.54) is 0 Å². The average molecular weight is 443 g/mol. The summed E-state index contributed by atoms with van der Waals surface area (Å²) in [6.07, 6.45) is 0.657. The molecule has 1 aliphatic rings. The second-order valence-electron chi connectivity index (χ2n) is 7.46. The van der Waals surface area contributed by atoms with E-state index in [4.69, 9.17) is 26.1 Å². The zero-order valence-electron chi connectivity index (χ0n) is 17.4. The van der Waals surface area contributed by atoms with Crippen molar-refractivity contribution in [2.24, 2.45) is 0 Å². The van der Waals surface area contributed by atoms with Crippen molar-refractivity contribution in [3.05, 3.63) is 59.4 Å². The molecule has 0 saturated carbocycles. The van der Waals surface area contributed by atoms with Gasteiger partial charge >= 0.3 is 0 Å². The lowest BCUT2D eigenvalue weighted by Crippen LogP contribution is -2.38. The number of para-hydroxylation sites is 2. The molecule has 1 aromatic heterocycles. The van der Waals surface area contributed by atoms with Crippen molar-refractivity contribution >= 4 is 28.5 Å². The maximum absolute atomic E-state index is 12.2. The van der Waals surface area contributed by atoms with E-state index in [-0.39, 0.29) is 12.5 Å². The average Bonchev–Trinajstić information content (AvgIpc) is 3.15. The molecule has 1 amide bonds. The SMILES string of the molecule is O=C(COc1ccc(Cl)cc1)NCCc1nc2ccccc2n1CCN1CCOCC1. The third-order valence-corrected chi connectivity index (χ3v) is 5.58. The molecule has 164 valence electrons. The Morgan fingerprint density at radius 3 is 2.68 bits per heavy atom.